The second kappa shape index (κ2) is 10.5. The van der Waals surface area contributed by atoms with Gasteiger partial charge in [-0.15, -0.1) is 10.2 Å². The van der Waals surface area contributed by atoms with E-state index in [2.05, 4.69) is 27.8 Å². The highest BCUT2D eigenvalue weighted by Gasteiger charge is 2.20. The van der Waals surface area contributed by atoms with Crippen LogP contribution in [0.1, 0.15) is 41.6 Å². The molecule has 31 heavy (non-hydrogen) atoms. The van der Waals surface area contributed by atoms with Crippen molar-refractivity contribution in [2.24, 2.45) is 7.05 Å². The number of rotatable bonds is 8. The third-order valence-corrected chi connectivity index (χ3v) is 6.05. The lowest BCUT2D eigenvalue weighted by Crippen LogP contribution is -2.28. The minimum absolute atomic E-state index is 0.126. The van der Waals surface area contributed by atoms with Gasteiger partial charge in [0.05, 0.1) is 22.4 Å². The van der Waals surface area contributed by atoms with E-state index in [0.29, 0.717) is 21.6 Å². The summed E-state index contributed by atoms with van der Waals surface area (Å²) in [5, 5.41) is 15.1. The van der Waals surface area contributed by atoms with Crippen LogP contribution in [0.3, 0.4) is 0 Å². The molecule has 1 heterocycles. The number of nitrogens with zero attached hydrogens (tertiary/aromatic N) is 3. The van der Waals surface area contributed by atoms with Gasteiger partial charge in [-0.3, -0.25) is 9.59 Å². The Kier molecular flexibility index (Phi) is 7.70. The molecule has 0 bridgehead atoms. The van der Waals surface area contributed by atoms with Crippen LogP contribution in [0.15, 0.2) is 53.7 Å². The van der Waals surface area contributed by atoms with E-state index in [0.717, 1.165) is 12.1 Å². The standard InChI is InChI=1S/C22H24ClN5O2S/c1-4-15-9-11-16(12-10-15)25-19(29)13-31-22-27-26-20(28(22)3)14(2)24-21(30)17-7-5-6-8-18(17)23/h5-12,14H,4,13H2,1-3H3,(H,24,30)(H,25,29)/t14-/m1/s1. The van der Waals surface area contributed by atoms with Gasteiger partial charge in [-0.1, -0.05) is 54.6 Å². The smallest absolute Gasteiger partial charge is 0.253 e. The largest absolute Gasteiger partial charge is 0.342 e. The number of carbonyl (C=O) groups excluding carboxylic acids is 2. The summed E-state index contributed by atoms with van der Waals surface area (Å²) in [6.45, 7) is 3.91. The normalized spacial score (nSPS) is 11.7. The highest BCUT2D eigenvalue weighted by molar-refractivity contribution is 7.99. The summed E-state index contributed by atoms with van der Waals surface area (Å²) < 4.78 is 1.77. The number of amides is 2. The van der Waals surface area contributed by atoms with E-state index in [-0.39, 0.29) is 23.6 Å². The van der Waals surface area contributed by atoms with Crippen molar-refractivity contribution in [2.75, 3.05) is 11.1 Å². The van der Waals surface area contributed by atoms with Gasteiger partial charge in [0.25, 0.3) is 5.91 Å². The molecule has 3 aromatic rings. The zero-order valence-corrected chi connectivity index (χ0v) is 19.1. The Morgan fingerprint density at radius 2 is 1.84 bits per heavy atom. The SMILES string of the molecule is CCc1ccc(NC(=O)CSc2nnc([C@@H](C)NC(=O)c3ccccc3Cl)n2C)cc1. The van der Waals surface area contributed by atoms with Gasteiger partial charge in [-0.25, -0.2) is 0 Å². The van der Waals surface area contributed by atoms with E-state index >= 15 is 0 Å². The van der Waals surface area contributed by atoms with E-state index in [1.54, 1.807) is 35.9 Å². The molecular formula is C22H24ClN5O2S. The molecule has 0 aliphatic heterocycles. The Hall–Kier alpha value is -2.84. The van der Waals surface area contributed by atoms with E-state index in [1.165, 1.54) is 17.3 Å². The molecular weight excluding hydrogens is 434 g/mol. The van der Waals surface area contributed by atoms with Crippen LogP contribution >= 0.6 is 23.4 Å². The highest BCUT2D eigenvalue weighted by Crippen LogP contribution is 2.21. The quantitative estimate of drug-likeness (QED) is 0.493. The summed E-state index contributed by atoms with van der Waals surface area (Å²) in [7, 11) is 1.80. The van der Waals surface area contributed by atoms with Gasteiger partial charge in [0.1, 0.15) is 0 Å². The molecule has 1 atom stereocenters. The van der Waals surface area contributed by atoms with Crippen LogP contribution in [0.25, 0.3) is 0 Å². The van der Waals surface area contributed by atoms with Crippen LogP contribution in [-0.2, 0) is 18.3 Å². The molecule has 0 aliphatic rings. The lowest BCUT2D eigenvalue weighted by atomic mass is 10.1. The molecule has 2 amide bonds. The van der Waals surface area contributed by atoms with Crippen LogP contribution in [0, 0.1) is 0 Å². The van der Waals surface area contributed by atoms with Crippen molar-refractivity contribution < 1.29 is 9.59 Å². The topological polar surface area (TPSA) is 88.9 Å². The molecule has 0 spiro atoms. The van der Waals surface area contributed by atoms with Crippen molar-refractivity contribution in [1.29, 1.82) is 0 Å². The first kappa shape index (κ1) is 22.8. The van der Waals surface area contributed by atoms with E-state index in [1.807, 2.05) is 31.2 Å². The second-order valence-corrected chi connectivity index (χ2v) is 8.31. The lowest BCUT2D eigenvalue weighted by molar-refractivity contribution is -0.113. The summed E-state index contributed by atoms with van der Waals surface area (Å²) in [5.74, 6) is 0.364. The number of benzene rings is 2. The number of thioether (sulfide) groups is 1. The van der Waals surface area contributed by atoms with Crippen molar-refractivity contribution in [1.82, 2.24) is 20.1 Å². The molecule has 0 fully saturated rings. The predicted octanol–water partition coefficient (Wildman–Crippen LogP) is 4.25. The summed E-state index contributed by atoms with van der Waals surface area (Å²) >= 11 is 7.37. The molecule has 9 heteroatoms. The fraction of sp³-hybridized carbons (Fsp3) is 0.273. The average Bonchev–Trinajstić information content (AvgIpc) is 3.13. The number of nitrogens with one attached hydrogen (secondary N) is 2. The number of carbonyl (C=O) groups is 2. The van der Waals surface area contributed by atoms with Crippen LogP contribution in [0.4, 0.5) is 5.69 Å². The molecule has 0 radical (unpaired) electrons. The number of hydrogen-bond acceptors (Lipinski definition) is 5. The van der Waals surface area contributed by atoms with E-state index < -0.39 is 0 Å². The zero-order chi connectivity index (χ0) is 22.4. The van der Waals surface area contributed by atoms with Crippen molar-refractivity contribution in [2.45, 2.75) is 31.5 Å². The third-order valence-electron chi connectivity index (χ3n) is 4.70. The maximum atomic E-state index is 12.5. The first-order valence-electron chi connectivity index (χ1n) is 9.85. The molecule has 162 valence electrons. The van der Waals surface area contributed by atoms with Crippen molar-refractivity contribution in [3.05, 3.63) is 70.5 Å². The molecule has 0 saturated carbocycles. The van der Waals surface area contributed by atoms with Crippen LogP contribution in [-0.4, -0.2) is 32.3 Å². The Labute approximate surface area is 190 Å². The van der Waals surface area contributed by atoms with Crippen molar-refractivity contribution >= 4 is 40.9 Å². The Morgan fingerprint density at radius 3 is 2.52 bits per heavy atom. The molecule has 3 rings (SSSR count). The predicted molar refractivity (Wildman–Crippen MR) is 124 cm³/mol. The molecule has 2 aromatic carbocycles. The lowest BCUT2D eigenvalue weighted by Gasteiger charge is -2.14. The highest BCUT2D eigenvalue weighted by atomic mass is 35.5. The second-order valence-electron chi connectivity index (χ2n) is 6.96. The number of aromatic nitrogens is 3. The van der Waals surface area contributed by atoms with Crippen molar-refractivity contribution in [3.63, 3.8) is 0 Å². The summed E-state index contributed by atoms with van der Waals surface area (Å²) in [6, 6.07) is 14.2. The minimum atomic E-state index is -0.387. The molecule has 0 unspecified atom stereocenters. The van der Waals surface area contributed by atoms with Gasteiger partial charge in [-0.05, 0) is 43.2 Å². The molecule has 0 saturated heterocycles. The minimum Gasteiger partial charge on any atom is -0.342 e. The average molecular weight is 458 g/mol. The summed E-state index contributed by atoms with van der Waals surface area (Å²) in [6.07, 6.45) is 0.954. The fourth-order valence-electron chi connectivity index (χ4n) is 2.96. The van der Waals surface area contributed by atoms with Gasteiger partial charge >= 0.3 is 0 Å². The Morgan fingerprint density at radius 1 is 1.13 bits per heavy atom. The van der Waals surface area contributed by atoms with E-state index in [9.17, 15) is 9.59 Å². The van der Waals surface area contributed by atoms with Gasteiger partial charge in [0, 0.05) is 12.7 Å². The summed E-state index contributed by atoms with van der Waals surface area (Å²) in [5.41, 5.74) is 2.38. The number of halogens is 1. The number of hydrogen-bond donors (Lipinski definition) is 2. The van der Waals surface area contributed by atoms with E-state index in [4.69, 9.17) is 11.6 Å². The number of anilines is 1. The van der Waals surface area contributed by atoms with Gasteiger partial charge in [-0.2, -0.15) is 0 Å². The van der Waals surface area contributed by atoms with Gasteiger partial charge < -0.3 is 15.2 Å². The van der Waals surface area contributed by atoms with Gasteiger partial charge in [0.15, 0.2) is 11.0 Å². The first-order valence-corrected chi connectivity index (χ1v) is 11.2. The zero-order valence-electron chi connectivity index (χ0n) is 17.6. The van der Waals surface area contributed by atoms with Crippen molar-refractivity contribution in [3.8, 4) is 0 Å². The Balaban J connectivity index is 1.57. The van der Waals surface area contributed by atoms with Gasteiger partial charge in [0.2, 0.25) is 5.91 Å². The first-order chi connectivity index (χ1) is 14.9. The molecule has 7 nitrogen and oxygen atoms in total. The number of aryl methyl sites for hydroxylation is 1. The van der Waals surface area contributed by atoms with Crippen LogP contribution < -0.4 is 10.6 Å². The Bertz CT molecular complexity index is 1070. The van der Waals surface area contributed by atoms with Crippen LogP contribution in [0.5, 0.6) is 0 Å². The third kappa shape index (κ3) is 5.86. The maximum Gasteiger partial charge on any atom is 0.253 e. The summed E-state index contributed by atoms with van der Waals surface area (Å²) in [4.78, 5) is 24.8. The molecule has 1 aromatic heterocycles. The fourth-order valence-corrected chi connectivity index (χ4v) is 3.90. The monoisotopic (exact) mass is 457 g/mol. The molecule has 2 N–H and O–H groups in total. The maximum absolute atomic E-state index is 12.5. The molecule has 0 aliphatic carbocycles. The van der Waals surface area contributed by atoms with Crippen LogP contribution in [0.2, 0.25) is 5.02 Å².